The van der Waals surface area contributed by atoms with E-state index < -0.39 is 0 Å². The monoisotopic (exact) mass is 359 g/mol. The van der Waals surface area contributed by atoms with Gasteiger partial charge in [-0.15, -0.1) is 11.3 Å². The molecule has 25 heavy (non-hydrogen) atoms. The third-order valence-corrected chi connectivity index (χ3v) is 4.78. The zero-order valence-corrected chi connectivity index (χ0v) is 15.5. The summed E-state index contributed by atoms with van der Waals surface area (Å²) in [6.07, 6.45) is -0.339. The van der Waals surface area contributed by atoms with Gasteiger partial charge in [0.25, 0.3) is 0 Å². The Kier molecular flexibility index (Phi) is 5.47. The molecule has 0 atom stereocenters. The highest BCUT2D eigenvalue weighted by atomic mass is 32.1. The van der Waals surface area contributed by atoms with Gasteiger partial charge in [-0.2, -0.15) is 0 Å². The number of ether oxygens (including phenoxy) is 3. The molecule has 0 amide bonds. The number of thiophene rings is 1. The van der Waals surface area contributed by atoms with Crippen LogP contribution in [-0.2, 0) is 9.47 Å². The molecule has 1 aromatic carbocycles. The molecule has 3 rings (SSSR count). The van der Waals surface area contributed by atoms with Crippen LogP contribution in [0.15, 0.2) is 29.6 Å². The summed E-state index contributed by atoms with van der Waals surface area (Å²) in [5, 5.41) is 6.44. The average molecular weight is 359 g/mol. The van der Waals surface area contributed by atoms with Gasteiger partial charge in [0.1, 0.15) is 22.2 Å². The quantitative estimate of drug-likeness (QED) is 0.649. The first kappa shape index (κ1) is 17.6. The van der Waals surface area contributed by atoms with Crippen LogP contribution in [0.5, 0.6) is 5.75 Å². The van der Waals surface area contributed by atoms with E-state index in [1.165, 1.54) is 0 Å². The number of anilines is 1. The van der Waals surface area contributed by atoms with Crippen LogP contribution in [0.25, 0.3) is 21.3 Å². The summed E-state index contributed by atoms with van der Waals surface area (Å²) in [5.41, 5.74) is 2.19. The predicted molar refractivity (Wildman–Crippen MR) is 100 cm³/mol. The molecule has 0 fully saturated rings. The van der Waals surface area contributed by atoms with Crippen molar-refractivity contribution in [2.24, 2.45) is 0 Å². The molecule has 0 aliphatic carbocycles. The van der Waals surface area contributed by atoms with Crippen LogP contribution in [-0.4, -0.2) is 44.1 Å². The van der Waals surface area contributed by atoms with Gasteiger partial charge in [0.15, 0.2) is 6.29 Å². The van der Waals surface area contributed by atoms with E-state index in [0.717, 1.165) is 38.7 Å². The van der Waals surface area contributed by atoms with Gasteiger partial charge in [0.05, 0.1) is 19.0 Å². The van der Waals surface area contributed by atoms with Gasteiger partial charge in [-0.05, 0) is 24.6 Å². The van der Waals surface area contributed by atoms with Gasteiger partial charge in [0.2, 0.25) is 0 Å². The molecule has 7 heteroatoms. The number of rotatable bonds is 7. The van der Waals surface area contributed by atoms with Gasteiger partial charge in [0, 0.05) is 25.2 Å². The first-order valence-corrected chi connectivity index (χ1v) is 8.74. The van der Waals surface area contributed by atoms with E-state index in [2.05, 4.69) is 20.7 Å². The summed E-state index contributed by atoms with van der Waals surface area (Å²) in [6, 6.07) is 7.98. The molecule has 6 nitrogen and oxygen atoms in total. The number of aryl methyl sites for hydroxylation is 1. The minimum Gasteiger partial charge on any atom is -0.497 e. The van der Waals surface area contributed by atoms with Crippen molar-refractivity contribution >= 4 is 27.4 Å². The molecule has 0 unspecified atom stereocenters. The Bertz CT molecular complexity index is 845. The van der Waals surface area contributed by atoms with Crippen molar-refractivity contribution < 1.29 is 14.2 Å². The number of nitrogens with one attached hydrogen (secondary N) is 1. The van der Waals surface area contributed by atoms with Gasteiger partial charge in [-0.3, -0.25) is 0 Å². The van der Waals surface area contributed by atoms with Gasteiger partial charge < -0.3 is 19.5 Å². The molecule has 2 heterocycles. The zero-order valence-electron chi connectivity index (χ0n) is 14.7. The molecule has 0 radical (unpaired) electrons. The van der Waals surface area contributed by atoms with Crippen molar-refractivity contribution in [2.45, 2.75) is 13.2 Å². The minimum absolute atomic E-state index is 0.339. The van der Waals surface area contributed by atoms with Gasteiger partial charge in [-0.1, -0.05) is 12.1 Å². The van der Waals surface area contributed by atoms with Crippen LogP contribution >= 0.6 is 11.3 Å². The van der Waals surface area contributed by atoms with Crippen molar-refractivity contribution in [3.8, 4) is 16.9 Å². The molecule has 0 aliphatic heterocycles. The second kappa shape index (κ2) is 7.77. The molecular formula is C18H21N3O3S. The fourth-order valence-electron chi connectivity index (χ4n) is 2.60. The first-order valence-electron chi connectivity index (χ1n) is 7.86. The molecule has 0 bridgehead atoms. The van der Waals surface area contributed by atoms with Crippen molar-refractivity contribution in [3.63, 3.8) is 0 Å². The normalized spacial score (nSPS) is 11.2. The van der Waals surface area contributed by atoms with E-state index in [1.54, 1.807) is 32.7 Å². The largest absolute Gasteiger partial charge is 0.497 e. The van der Waals surface area contributed by atoms with Crippen LogP contribution in [0.1, 0.15) is 5.82 Å². The lowest BCUT2D eigenvalue weighted by Crippen LogP contribution is -2.24. The topological polar surface area (TPSA) is 65.5 Å². The van der Waals surface area contributed by atoms with Crippen LogP contribution in [0.2, 0.25) is 0 Å². The number of aromatic nitrogens is 2. The summed E-state index contributed by atoms with van der Waals surface area (Å²) in [6.45, 7) is 2.39. The lowest BCUT2D eigenvalue weighted by molar-refractivity contribution is -0.0914. The Morgan fingerprint density at radius 3 is 2.44 bits per heavy atom. The van der Waals surface area contributed by atoms with Crippen LogP contribution in [0, 0.1) is 6.92 Å². The smallest absolute Gasteiger partial charge is 0.173 e. The van der Waals surface area contributed by atoms with E-state index in [-0.39, 0.29) is 6.29 Å². The third kappa shape index (κ3) is 3.73. The van der Waals surface area contributed by atoms with Gasteiger partial charge >= 0.3 is 0 Å². The summed E-state index contributed by atoms with van der Waals surface area (Å²) in [7, 11) is 4.89. The Labute approximate surface area is 150 Å². The maximum atomic E-state index is 5.25. The second-order valence-corrected chi connectivity index (χ2v) is 6.32. The number of hydrogen-bond donors (Lipinski definition) is 1. The SMILES string of the molecule is COc1ccc(-c2csc3nc(C)nc(NCC(OC)OC)c23)cc1. The van der Waals surface area contributed by atoms with Crippen molar-refractivity contribution in [1.82, 2.24) is 9.97 Å². The molecule has 2 aromatic heterocycles. The molecular weight excluding hydrogens is 338 g/mol. The highest BCUT2D eigenvalue weighted by Crippen LogP contribution is 2.37. The highest BCUT2D eigenvalue weighted by molar-refractivity contribution is 7.17. The number of hydrogen-bond acceptors (Lipinski definition) is 7. The Hall–Kier alpha value is -2.22. The molecule has 1 N–H and O–H groups in total. The van der Waals surface area contributed by atoms with Crippen LogP contribution in [0.3, 0.4) is 0 Å². The standard InChI is InChI=1S/C18H21N3O3S/c1-11-20-17(19-9-15(23-3)24-4)16-14(10-25-18(16)21-11)12-5-7-13(22-2)8-6-12/h5-8,10,15H,9H2,1-4H3,(H,19,20,21). The van der Waals surface area contributed by atoms with E-state index in [1.807, 2.05) is 31.2 Å². The summed E-state index contributed by atoms with van der Waals surface area (Å²) >= 11 is 1.61. The predicted octanol–water partition coefficient (Wildman–Crippen LogP) is 3.71. The maximum Gasteiger partial charge on any atom is 0.173 e. The maximum absolute atomic E-state index is 5.25. The fraction of sp³-hybridized carbons (Fsp3) is 0.333. The van der Waals surface area contributed by atoms with Crippen molar-refractivity contribution in [2.75, 3.05) is 33.2 Å². The molecule has 0 saturated carbocycles. The first-order chi connectivity index (χ1) is 12.2. The second-order valence-electron chi connectivity index (χ2n) is 5.46. The van der Waals surface area contributed by atoms with E-state index in [4.69, 9.17) is 14.2 Å². The average Bonchev–Trinajstić information content (AvgIpc) is 3.06. The Balaban J connectivity index is 2.02. The Morgan fingerprint density at radius 2 is 1.80 bits per heavy atom. The highest BCUT2D eigenvalue weighted by Gasteiger charge is 2.15. The summed E-state index contributed by atoms with van der Waals surface area (Å²) < 4.78 is 15.7. The summed E-state index contributed by atoms with van der Waals surface area (Å²) in [4.78, 5) is 10.1. The van der Waals surface area contributed by atoms with E-state index >= 15 is 0 Å². The fourth-order valence-corrected chi connectivity index (χ4v) is 3.60. The third-order valence-electron chi connectivity index (χ3n) is 3.91. The molecule has 0 aliphatic rings. The number of nitrogens with zero attached hydrogens (tertiary/aromatic N) is 2. The van der Waals surface area contributed by atoms with Gasteiger partial charge in [-0.25, -0.2) is 9.97 Å². The molecule has 0 spiro atoms. The minimum atomic E-state index is -0.339. The zero-order chi connectivity index (χ0) is 17.8. The lowest BCUT2D eigenvalue weighted by atomic mass is 10.1. The van der Waals surface area contributed by atoms with E-state index in [9.17, 15) is 0 Å². The number of benzene rings is 1. The number of fused-ring (bicyclic) bond motifs is 1. The lowest BCUT2D eigenvalue weighted by Gasteiger charge is -2.15. The Morgan fingerprint density at radius 1 is 1.08 bits per heavy atom. The van der Waals surface area contributed by atoms with Crippen LogP contribution in [0.4, 0.5) is 5.82 Å². The summed E-state index contributed by atoms with van der Waals surface area (Å²) in [5.74, 6) is 2.34. The molecule has 3 aromatic rings. The molecule has 0 saturated heterocycles. The van der Waals surface area contributed by atoms with E-state index in [0.29, 0.717) is 6.54 Å². The van der Waals surface area contributed by atoms with Crippen LogP contribution < -0.4 is 10.1 Å². The van der Waals surface area contributed by atoms with Crippen molar-refractivity contribution in [3.05, 3.63) is 35.5 Å². The molecule has 132 valence electrons. The van der Waals surface area contributed by atoms with Crippen molar-refractivity contribution in [1.29, 1.82) is 0 Å². The number of methoxy groups -OCH3 is 3.